The highest BCUT2D eigenvalue weighted by atomic mass is 35.5. The molecule has 2 rings (SSSR count). The third-order valence-corrected chi connectivity index (χ3v) is 3.41. The Morgan fingerprint density at radius 2 is 2.00 bits per heavy atom. The molecule has 1 unspecified atom stereocenters. The van der Waals surface area contributed by atoms with Crippen LogP contribution in [0.1, 0.15) is 18.1 Å². The molecule has 1 aromatic rings. The minimum atomic E-state index is -0.0885. The molecule has 1 aromatic carbocycles. The molecule has 0 saturated heterocycles. The van der Waals surface area contributed by atoms with Crippen LogP contribution in [0.15, 0.2) is 24.3 Å². The maximum atomic E-state index is 11.6. The number of esters is 1. The van der Waals surface area contributed by atoms with Gasteiger partial charge in [0.05, 0.1) is 20.2 Å². The lowest BCUT2D eigenvalue weighted by molar-refractivity contribution is -0.917. The molecule has 3 nitrogen and oxygen atoms in total. The molecule has 1 atom stereocenters. The third kappa shape index (κ3) is 3.47. The lowest BCUT2D eigenvalue weighted by atomic mass is 9.98. The molecule has 4 heteroatoms. The monoisotopic (exact) mass is 269 g/mol. The Kier molecular flexibility index (Phi) is 5.17. The number of ether oxygens (including phenoxy) is 1. The minimum Gasteiger partial charge on any atom is -1.00 e. The van der Waals surface area contributed by atoms with E-state index in [9.17, 15) is 4.79 Å². The molecule has 0 amide bonds. The molecule has 0 bridgehead atoms. The Bertz CT molecular complexity index is 422. The van der Waals surface area contributed by atoms with E-state index in [1.807, 2.05) is 6.92 Å². The van der Waals surface area contributed by atoms with Crippen molar-refractivity contribution in [2.45, 2.75) is 19.9 Å². The Morgan fingerprint density at radius 1 is 1.33 bits per heavy atom. The predicted molar refractivity (Wildman–Crippen MR) is 66.4 cm³/mol. The fraction of sp³-hybridized carbons (Fsp3) is 0.500. The van der Waals surface area contributed by atoms with Crippen molar-refractivity contribution in [3.05, 3.63) is 35.4 Å². The lowest BCUT2D eigenvalue weighted by Gasteiger charge is -2.37. The SMILES string of the molecule is CCOC(=O)C[N+]1(C)CCc2ccccc2C1.[Cl-]. The van der Waals surface area contributed by atoms with Crippen LogP contribution < -0.4 is 12.4 Å². The molecule has 18 heavy (non-hydrogen) atoms. The summed E-state index contributed by atoms with van der Waals surface area (Å²) in [6.07, 6.45) is 1.05. The highest BCUT2D eigenvalue weighted by molar-refractivity contribution is 5.70. The van der Waals surface area contributed by atoms with Crippen molar-refractivity contribution < 1.29 is 26.4 Å². The first-order valence-electron chi connectivity index (χ1n) is 6.19. The van der Waals surface area contributed by atoms with Crippen molar-refractivity contribution in [2.24, 2.45) is 0 Å². The number of quaternary nitrogens is 1. The molecule has 0 spiro atoms. The van der Waals surface area contributed by atoms with Crippen molar-refractivity contribution in [3.63, 3.8) is 0 Å². The molecule has 0 radical (unpaired) electrons. The molecule has 1 aliphatic rings. The van der Waals surface area contributed by atoms with Crippen LogP contribution in [-0.4, -0.2) is 37.2 Å². The maximum Gasteiger partial charge on any atom is 0.361 e. The number of likely N-dealkylation sites (N-methyl/N-ethyl adjacent to an activating group) is 1. The van der Waals surface area contributed by atoms with Gasteiger partial charge in [-0.15, -0.1) is 0 Å². The van der Waals surface area contributed by atoms with Gasteiger partial charge in [-0.3, -0.25) is 0 Å². The molecule has 0 fully saturated rings. The van der Waals surface area contributed by atoms with Crippen LogP contribution in [0, 0.1) is 0 Å². The number of nitrogens with zero attached hydrogens (tertiary/aromatic N) is 1. The van der Waals surface area contributed by atoms with Crippen LogP contribution in [0.25, 0.3) is 0 Å². The second-order valence-corrected chi connectivity index (χ2v) is 4.98. The molecule has 1 aliphatic heterocycles. The van der Waals surface area contributed by atoms with E-state index in [1.54, 1.807) is 0 Å². The molecule has 0 saturated carbocycles. The molecule has 100 valence electrons. The van der Waals surface area contributed by atoms with Gasteiger partial charge < -0.3 is 21.6 Å². The Hall–Kier alpha value is -1.06. The zero-order valence-electron chi connectivity index (χ0n) is 11.0. The van der Waals surface area contributed by atoms with Crippen molar-refractivity contribution in [1.82, 2.24) is 0 Å². The highest BCUT2D eigenvalue weighted by Gasteiger charge is 2.31. The Labute approximate surface area is 115 Å². The van der Waals surface area contributed by atoms with E-state index in [2.05, 4.69) is 31.3 Å². The number of rotatable bonds is 3. The van der Waals surface area contributed by atoms with E-state index in [-0.39, 0.29) is 18.4 Å². The van der Waals surface area contributed by atoms with Crippen LogP contribution in [0.2, 0.25) is 0 Å². The quantitative estimate of drug-likeness (QED) is 0.507. The topological polar surface area (TPSA) is 26.3 Å². The summed E-state index contributed by atoms with van der Waals surface area (Å²) in [7, 11) is 2.13. The second kappa shape index (κ2) is 6.21. The van der Waals surface area contributed by atoms with E-state index < -0.39 is 0 Å². The van der Waals surface area contributed by atoms with Crippen LogP contribution in [0.3, 0.4) is 0 Å². The fourth-order valence-corrected chi connectivity index (χ4v) is 2.49. The molecule has 0 N–H and O–H groups in total. The van der Waals surface area contributed by atoms with E-state index in [1.165, 1.54) is 11.1 Å². The lowest BCUT2D eigenvalue weighted by Crippen LogP contribution is -3.00. The van der Waals surface area contributed by atoms with Crippen molar-refractivity contribution in [2.75, 3.05) is 26.7 Å². The van der Waals surface area contributed by atoms with E-state index in [0.29, 0.717) is 13.2 Å². The zero-order valence-corrected chi connectivity index (χ0v) is 11.7. The van der Waals surface area contributed by atoms with Gasteiger partial charge in [0, 0.05) is 12.0 Å². The number of benzene rings is 1. The average Bonchev–Trinajstić information content (AvgIpc) is 2.28. The highest BCUT2D eigenvalue weighted by Crippen LogP contribution is 2.23. The number of fused-ring (bicyclic) bond motifs is 1. The summed E-state index contributed by atoms with van der Waals surface area (Å²) < 4.78 is 5.80. The van der Waals surface area contributed by atoms with Gasteiger partial charge in [0.25, 0.3) is 0 Å². The van der Waals surface area contributed by atoms with Crippen molar-refractivity contribution in [1.29, 1.82) is 0 Å². The van der Waals surface area contributed by atoms with Gasteiger partial charge in [0.15, 0.2) is 6.54 Å². The van der Waals surface area contributed by atoms with Gasteiger partial charge >= 0.3 is 5.97 Å². The number of carbonyl (C=O) groups excluding carboxylic acids is 1. The van der Waals surface area contributed by atoms with Gasteiger partial charge in [0.2, 0.25) is 0 Å². The molecular weight excluding hydrogens is 250 g/mol. The van der Waals surface area contributed by atoms with Gasteiger partial charge in [-0.25, -0.2) is 4.79 Å². The summed E-state index contributed by atoms with van der Waals surface area (Å²) in [4.78, 5) is 11.6. The van der Waals surface area contributed by atoms with Gasteiger partial charge in [-0.1, -0.05) is 24.3 Å². The molecular formula is C14H20ClNO2. The largest absolute Gasteiger partial charge is 1.00 e. The number of carbonyl (C=O) groups is 1. The molecule has 0 aromatic heterocycles. The van der Waals surface area contributed by atoms with E-state index in [4.69, 9.17) is 4.74 Å². The minimum absolute atomic E-state index is 0. The van der Waals surface area contributed by atoms with E-state index >= 15 is 0 Å². The van der Waals surface area contributed by atoms with Gasteiger partial charge in [0.1, 0.15) is 6.54 Å². The summed E-state index contributed by atoms with van der Waals surface area (Å²) >= 11 is 0. The molecule has 0 aliphatic carbocycles. The summed E-state index contributed by atoms with van der Waals surface area (Å²) in [5.74, 6) is -0.0885. The van der Waals surface area contributed by atoms with Crippen LogP contribution >= 0.6 is 0 Å². The van der Waals surface area contributed by atoms with Gasteiger partial charge in [-0.2, -0.15) is 0 Å². The summed E-state index contributed by atoms with van der Waals surface area (Å²) in [5.41, 5.74) is 2.79. The first-order valence-corrected chi connectivity index (χ1v) is 6.19. The number of hydrogen-bond acceptors (Lipinski definition) is 2. The fourth-order valence-electron chi connectivity index (χ4n) is 2.49. The van der Waals surface area contributed by atoms with Crippen LogP contribution in [0.4, 0.5) is 0 Å². The standard InChI is InChI=1S/C14H20NO2.ClH/c1-3-17-14(16)11-15(2)9-8-12-6-4-5-7-13(12)10-15;/h4-7H,3,8-11H2,1-2H3;1H/q+1;/p-1. The summed E-state index contributed by atoms with van der Waals surface area (Å²) in [6.45, 7) is 4.73. The second-order valence-electron chi connectivity index (χ2n) is 4.98. The maximum absolute atomic E-state index is 11.6. The third-order valence-electron chi connectivity index (χ3n) is 3.41. The van der Waals surface area contributed by atoms with Gasteiger partial charge in [-0.05, 0) is 12.5 Å². The molecule has 1 heterocycles. The summed E-state index contributed by atoms with van der Waals surface area (Å²) in [5, 5.41) is 0. The van der Waals surface area contributed by atoms with Crippen LogP contribution in [0.5, 0.6) is 0 Å². The predicted octanol–water partition coefficient (Wildman–Crippen LogP) is -1.24. The smallest absolute Gasteiger partial charge is 0.361 e. The first-order chi connectivity index (χ1) is 8.13. The normalized spacial score (nSPS) is 21.7. The van der Waals surface area contributed by atoms with E-state index in [0.717, 1.165) is 24.0 Å². The average molecular weight is 270 g/mol. The van der Waals surface area contributed by atoms with Crippen molar-refractivity contribution in [3.8, 4) is 0 Å². The van der Waals surface area contributed by atoms with Crippen molar-refractivity contribution >= 4 is 5.97 Å². The number of hydrogen-bond donors (Lipinski definition) is 0. The summed E-state index contributed by atoms with van der Waals surface area (Å²) in [6, 6.07) is 8.50. The Balaban J connectivity index is 0.00000162. The Morgan fingerprint density at radius 3 is 2.67 bits per heavy atom. The first kappa shape index (κ1) is 15.0. The van der Waals surface area contributed by atoms with Crippen LogP contribution in [-0.2, 0) is 22.5 Å². The zero-order chi connectivity index (χ0) is 12.3. The number of halogens is 1.